The van der Waals surface area contributed by atoms with Crippen molar-refractivity contribution in [1.82, 2.24) is 14.9 Å². The lowest BCUT2D eigenvalue weighted by molar-refractivity contribution is -0.125. The minimum atomic E-state index is -0.0803. The Balaban J connectivity index is 2.19. The Hall–Kier alpha value is -1.36. The highest BCUT2D eigenvalue weighted by Gasteiger charge is 2.19. The van der Waals surface area contributed by atoms with Gasteiger partial charge in [-0.3, -0.25) is 4.79 Å². The molecule has 1 heterocycles. The summed E-state index contributed by atoms with van der Waals surface area (Å²) in [5, 5.41) is 2.92. The van der Waals surface area contributed by atoms with Gasteiger partial charge in [0.25, 0.3) is 0 Å². The first-order chi connectivity index (χ1) is 8.15. The monoisotopic (exact) mass is 238 g/mol. The molecule has 3 N–H and O–H groups in total. The third kappa shape index (κ3) is 4.56. The van der Waals surface area contributed by atoms with E-state index in [1.165, 1.54) is 0 Å². The topological polar surface area (TPSA) is 72.9 Å². The van der Waals surface area contributed by atoms with Crippen LogP contribution in [0.15, 0.2) is 18.7 Å². The number of aromatic nitrogens is 2. The van der Waals surface area contributed by atoms with Crippen LogP contribution in [0.3, 0.4) is 0 Å². The number of amides is 1. The molecule has 5 nitrogen and oxygen atoms in total. The largest absolute Gasteiger partial charge is 0.356 e. The second kappa shape index (κ2) is 7.06. The molecule has 17 heavy (non-hydrogen) atoms. The zero-order valence-corrected chi connectivity index (χ0v) is 10.6. The smallest absolute Gasteiger partial charge is 0.224 e. The average Bonchev–Trinajstić information content (AvgIpc) is 2.77. The van der Waals surface area contributed by atoms with E-state index in [0.717, 1.165) is 13.0 Å². The van der Waals surface area contributed by atoms with Crippen LogP contribution in [0.5, 0.6) is 0 Å². The van der Waals surface area contributed by atoms with Crippen LogP contribution in [0.1, 0.15) is 20.3 Å². The lowest BCUT2D eigenvalue weighted by Gasteiger charge is -2.18. The number of hydrogen-bond donors (Lipinski definition) is 2. The summed E-state index contributed by atoms with van der Waals surface area (Å²) in [4.78, 5) is 15.7. The van der Waals surface area contributed by atoms with Gasteiger partial charge >= 0.3 is 0 Å². The van der Waals surface area contributed by atoms with Gasteiger partial charge in [-0.1, -0.05) is 13.8 Å². The minimum Gasteiger partial charge on any atom is -0.356 e. The van der Waals surface area contributed by atoms with Crippen LogP contribution in [0.4, 0.5) is 0 Å². The number of carbonyl (C=O) groups is 1. The number of imidazole rings is 1. The maximum atomic E-state index is 11.8. The molecule has 1 aromatic heterocycles. The number of aryl methyl sites for hydroxylation is 1. The van der Waals surface area contributed by atoms with E-state index >= 15 is 0 Å². The Morgan fingerprint density at radius 1 is 1.53 bits per heavy atom. The summed E-state index contributed by atoms with van der Waals surface area (Å²) in [7, 11) is 0. The molecule has 0 saturated heterocycles. The highest BCUT2D eigenvalue weighted by molar-refractivity contribution is 5.79. The Kier molecular flexibility index (Phi) is 5.69. The molecule has 0 fully saturated rings. The van der Waals surface area contributed by atoms with Gasteiger partial charge in [-0.15, -0.1) is 0 Å². The molecule has 0 aliphatic heterocycles. The minimum absolute atomic E-state index is 0.0631. The van der Waals surface area contributed by atoms with Gasteiger partial charge < -0.3 is 15.6 Å². The zero-order chi connectivity index (χ0) is 12.7. The van der Waals surface area contributed by atoms with Gasteiger partial charge in [0.2, 0.25) is 5.91 Å². The maximum absolute atomic E-state index is 11.8. The predicted octanol–water partition coefficient (Wildman–Crippen LogP) is 0.620. The number of hydrogen-bond acceptors (Lipinski definition) is 3. The van der Waals surface area contributed by atoms with Crippen LogP contribution >= 0.6 is 0 Å². The first kappa shape index (κ1) is 13.7. The number of nitrogens with zero attached hydrogens (tertiary/aromatic N) is 2. The van der Waals surface area contributed by atoms with Crippen molar-refractivity contribution in [1.29, 1.82) is 0 Å². The first-order valence-electron chi connectivity index (χ1n) is 6.08. The van der Waals surface area contributed by atoms with E-state index in [1.807, 2.05) is 24.6 Å². The van der Waals surface area contributed by atoms with E-state index in [1.54, 1.807) is 12.5 Å². The third-order valence-electron chi connectivity index (χ3n) is 2.85. The van der Waals surface area contributed by atoms with Crippen LogP contribution < -0.4 is 11.1 Å². The molecular weight excluding hydrogens is 216 g/mol. The molecule has 96 valence electrons. The Labute approximate surface area is 102 Å². The van der Waals surface area contributed by atoms with E-state index < -0.39 is 0 Å². The predicted molar refractivity (Wildman–Crippen MR) is 67.2 cm³/mol. The summed E-state index contributed by atoms with van der Waals surface area (Å²) in [6, 6.07) is 0. The van der Waals surface area contributed by atoms with Crippen LogP contribution in [0, 0.1) is 11.8 Å². The van der Waals surface area contributed by atoms with Gasteiger partial charge in [-0.05, 0) is 12.3 Å². The lowest BCUT2D eigenvalue weighted by atomic mass is 9.95. The molecule has 0 bridgehead atoms. The molecule has 0 spiro atoms. The summed E-state index contributed by atoms with van der Waals surface area (Å²) in [5.74, 6) is 0.269. The van der Waals surface area contributed by atoms with Crippen molar-refractivity contribution in [2.24, 2.45) is 17.6 Å². The van der Waals surface area contributed by atoms with Gasteiger partial charge in [0.05, 0.1) is 12.2 Å². The van der Waals surface area contributed by atoms with E-state index in [-0.39, 0.29) is 17.7 Å². The Morgan fingerprint density at radius 3 is 2.82 bits per heavy atom. The number of rotatable bonds is 7. The van der Waals surface area contributed by atoms with Crippen molar-refractivity contribution in [3.05, 3.63) is 18.7 Å². The number of nitrogens with one attached hydrogen (secondary N) is 1. The molecule has 1 unspecified atom stereocenters. The molecule has 0 saturated carbocycles. The Bertz CT molecular complexity index is 321. The second-order valence-electron chi connectivity index (χ2n) is 4.53. The molecule has 1 atom stereocenters. The summed E-state index contributed by atoms with van der Waals surface area (Å²) >= 11 is 0. The molecule has 0 aliphatic rings. The molecule has 1 rings (SSSR count). The van der Waals surface area contributed by atoms with E-state index in [4.69, 9.17) is 5.73 Å². The first-order valence-corrected chi connectivity index (χ1v) is 6.08. The third-order valence-corrected chi connectivity index (χ3v) is 2.85. The van der Waals surface area contributed by atoms with Gasteiger partial charge in [0.1, 0.15) is 0 Å². The normalized spacial score (nSPS) is 12.7. The molecule has 1 aromatic rings. The van der Waals surface area contributed by atoms with Gasteiger partial charge in [-0.2, -0.15) is 0 Å². The van der Waals surface area contributed by atoms with Crippen LogP contribution in [0.2, 0.25) is 0 Å². The van der Waals surface area contributed by atoms with Crippen molar-refractivity contribution >= 4 is 5.91 Å². The molecule has 0 radical (unpaired) electrons. The average molecular weight is 238 g/mol. The fourth-order valence-electron chi connectivity index (χ4n) is 1.71. The van der Waals surface area contributed by atoms with Crippen molar-refractivity contribution in [3.63, 3.8) is 0 Å². The molecule has 0 aliphatic carbocycles. The molecule has 5 heteroatoms. The maximum Gasteiger partial charge on any atom is 0.224 e. The molecule has 1 amide bonds. The van der Waals surface area contributed by atoms with Gasteiger partial charge in [-0.25, -0.2) is 4.98 Å². The standard InChI is InChI=1S/C12H22N4O/c1-10(2)11(8-13)12(17)15-4-3-6-16-7-5-14-9-16/h5,7,9-11H,3-4,6,8,13H2,1-2H3,(H,15,17). The second-order valence-corrected chi connectivity index (χ2v) is 4.53. The fourth-order valence-corrected chi connectivity index (χ4v) is 1.71. The van der Waals surface area contributed by atoms with E-state index in [0.29, 0.717) is 13.1 Å². The summed E-state index contributed by atoms with van der Waals surface area (Å²) in [6.45, 7) is 5.99. The molecular formula is C12H22N4O. The van der Waals surface area contributed by atoms with E-state index in [9.17, 15) is 4.79 Å². The zero-order valence-electron chi connectivity index (χ0n) is 10.6. The van der Waals surface area contributed by atoms with Gasteiger partial charge in [0, 0.05) is 32.0 Å². The highest BCUT2D eigenvalue weighted by atomic mass is 16.1. The fraction of sp³-hybridized carbons (Fsp3) is 0.667. The van der Waals surface area contributed by atoms with Crippen LogP contribution in [0.25, 0.3) is 0 Å². The SMILES string of the molecule is CC(C)C(CN)C(=O)NCCCn1ccnc1. The quantitative estimate of drug-likeness (QED) is 0.684. The Morgan fingerprint density at radius 2 is 2.29 bits per heavy atom. The van der Waals surface area contributed by atoms with E-state index in [2.05, 4.69) is 10.3 Å². The van der Waals surface area contributed by atoms with Gasteiger partial charge in [0.15, 0.2) is 0 Å². The summed E-state index contributed by atoms with van der Waals surface area (Å²) in [6.07, 6.45) is 6.34. The van der Waals surface area contributed by atoms with Crippen LogP contribution in [-0.4, -0.2) is 28.5 Å². The van der Waals surface area contributed by atoms with Crippen molar-refractivity contribution in [2.75, 3.05) is 13.1 Å². The number of carbonyl (C=O) groups excluding carboxylic acids is 1. The van der Waals surface area contributed by atoms with Crippen molar-refractivity contribution in [3.8, 4) is 0 Å². The van der Waals surface area contributed by atoms with Crippen molar-refractivity contribution in [2.45, 2.75) is 26.8 Å². The summed E-state index contributed by atoms with van der Waals surface area (Å²) in [5.41, 5.74) is 5.58. The van der Waals surface area contributed by atoms with Crippen LogP contribution in [-0.2, 0) is 11.3 Å². The summed E-state index contributed by atoms with van der Waals surface area (Å²) < 4.78 is 2.00. The molecule has 0 aromatic carbocycles. The number of nitrogens with two attached hydrogens (primary N) is 1. The van der Waals surface area contributed by atoms with Crippen molar-refractivity contribution < 1.29 is 4.79 Å². The lowest BCUT2D eigenvalue weighted by Crippen LogP contribution is -2.38. The highest BCUT2D eigenvalue weighted by Crippen LogP contribution is 2.08.